The molecule has 10 aromatic rings. The summed E-state index contributed by atoms with van der Waals surface area (Å²) >= 11 is 0. The number of rotatable bonds is 10. The summed E-state index contributed by atoms with van der Waals surface area (Å²) in [6.07, 6.45) is 6.34. The van der Waals surface area contributed by atoms with Gasteiger partial charge in [0.1, 0.15) is 34.2 Å². The van der Waals surface area contributed by atoms with E-state index in [9.17, 15) is 23.5 Å². The Morgan fingerprint density at radius 1 is 0.600 bits per heavy atom. The molecule has 10 rings (SSSR count). The minimum atomic E-state index is -1.15. The van der Waals surface area contributed by atoms with Crippen LogP contribution in [0, 0.1) is 11.6 Å². The van der Waals surface area contributed by atoms with Gasteiger partial charge in [0.25, 0.3) is 0 Å². The van der Waals surface area contributed by atoms with Gasteiger partial charge in [-0.05, 0) is 72.8 Å². The van der Waals surface area contributed by atoms with Crippen molar-refractivity contribution in [2.45, 2.75) is 20.5 Å². The minimum Gasteiger partial charge on any atom is -0.870 e. The number of furan rings is 2. The molecule has 0 aliphatic heterocycles. The number of methoxy groups -OCH3 is 3. The largest absolute Gasteiger partial charge is 1.00 e. The molecule has 0 bridgehead atoms. The summed E-state index contributed by atoms with van der Waals surface area (Å²) in [4.78, 5) is 34.2. The maximum absolute atomic E-state index is 14.6. The van der Waals surface area contributed by atoms with Gasteiger partial charge in [-0.2, -0.15) is 0 Å². The second-order valence-corrected chi connectivity index (χ2v) is 14.3. The topological polar surface area (TPSA) is 174 Å². The number of aromatic carboxylic acids is 1. The van der Waals surface area contributed by atoms with Crippen LogP contribution in [-0.2, 0) is 17.8 Å². The van der Waals surface area contributed by atoms with Crippen LogP contribution in [0.2, 0.25) is 0 Å². The Morgan fingerprint density at radius 2 is 1.01 bits per heavy atom. The van der Waals surface area contributed by atoms with E-state index in [0.717, 1.165) is 10.8 Å². The Labute approximate surface area is 406 Å². The van der Waals surface area contributed by atoms with Crippen molar-refractivity contribution >= 4 is 55.7 Å². The molecule has 0 fully saturated rings. The van der Waals surface area contributed by atoms with E-state index in [1.807, 2.05) is 42.5 Å². The average Bonchev–Trinajstić information content (AvgIpc) is 4.18. The van der Waals surface area contributed by atoms with Crippen LogP contribution in [0.5, 0.6) is 11.8 Å². The van der Waals surface area contributed by atoms with E-state index >= 15 is 0 Å². The van der Waals surface area contributed by atoms with Gasteiger partial charge in [-0.1, -0.05) is 43.8 Å². The molecule has 0 saturated carbocycles. The first-order chi connectivity index (χ1) is 32.7. The molecule has 0 spiro atoms. The molecule has 358 valence electrons. The number of nitrogens with zero attached hydrogens (tertiary/aromatic N) is 4. The van der Waals surface area contributed by atoms with E-state index < -0.39 is 17.8 Å². The van der Waals surface area contributed by atoms with Gasteiger partial charge in [0.2, 0.25) is 11.8 Å². The maximum Gasteiger partial charge on any atom is 1.00 e. The van der Waals surface area contributed by atoms with Crippen LogP contribution >= 0.6 is 0 Å². The average molecular weight is 963 g/mol. The number of carboxylic acids is 1. The number of pyridine rings is 2. The van der Waals surface area contributed by atoms with Crippen molar-refractivity contribution in [1.82, 2.24) is 19.1 Å². The van der Waals surface area contributed by atoms with Crippen LogP contribution in [0.15, 0.2) is 143 Å². The van der Waals surface area contributed by atoms with E-state index in [4.69, 9.17) is 41.3 Å². The molecule has 70 heavy (non-hydrogen) atoms. The summed E-state index contributed by atoms with van der Waals surface area (Å²) in [7, 11) is 4.32. The van der Waals surface area contributed by atoms with E-state index in [1.54, 1.807) is 88.7 Å². The van der Waals surface area contributed by atoms with E-state index in [-0.39, 0.29) is 62.1 Å². The number of carbonyl (C=O) groups excluding carboxylic acids is 1. The summed E-state index contributed by atoms with van der Waals surface area (Å²) in [5, 5.41) is 13.3. The molecule has 0 saturated heterocycles. The van der Waals surface area contributed by atoms with Crippen LogP contribution in [0.1, 0.15) is 39.5 Å². The number of fused-ring (bicyclic) bond motifs is 6. The number of ether oxygens (including phenoxy) is 3. The SMILES string of the molecule is C.COC(=O)c1c(-c2cccnc2OC)c2c3occc3ccc2n1Cc1ccccc1F.COc1ncccc1-c1c(C(=O)O)n(Cc2ccccc2F)c2ccc3ccoc3c12.FF.FF.[Li+].[OH-]. The van der Waals surface area contributed by atoms with Crippen molar-refractivity contribution in [1.29, 1.82) is 0 Å². The number of hydrogen-bond acceptors (Lipinski definition) is 10. The first-order valence-corrected chi connectivity index (χ1v) is 19.8. The zero-order valence-corrected chi connectivity index (χ0v) is 36.9. The summed E-state index contributed by atoms with van der Waals surface area (Å²) < 4.78 is 92.0. The third-order valence-electron chi connectivity index (χ3n) is 10.9. The van der Waals surface area contributed by atoms with Gasteiger partial charge in [-0.3, -0.25) is 0 Å². The standard InChI is InChI=1S/C25H19FN2O4.C24H17FN2O4.CH4.2F2.Li.H2O/c1-30-24-17(7-5-12-27-24)20-21-19(10-9-15-11-13-32-23(15)21)28(22(20)25(29)31-2)14-16-6-3-4-8-18(16)26;1-30-23-16(6-4-11-26-23)19-20-18(9-8-14-10-12-31-22(14)20)27(21(19)24(28)29)13-15-5-2-3-7-17(15)25;;2*1-2;;/h3-13H,14H2,1-2H3;2-12H,13H2,1H3,(H,28,29);1H4;;;;1H2/q;;;;;+1;/p-1. The molecule has 0 unspecified atom stereocenters. The Kier molecular flexibility index (Phi) is 19.0. The van der Waals surface area contributed by atoms with Gasteiger partial charge < -0.3 is 42.8 Å². The molecule has 2 N–H and O–H groups in total. The van der Waals surface area contributed by atoms with Crippen LogP contribution in [0.25, 0.3) is 66.0 Å². The number of carboxylic acid groups (broad SMARTS) is 1. The third-order valence-corrected chi connectivity index (χ3v) is 10.9. The molecule has 0 aliphatic carbocycles. The molecular weight excluding hydrogens is 921 g/mol. The van der Waals surface area contributed by atoms with Crippen molar-refractivity contribution in [3.8, 4) is 34.0 Å². The molecule has 0 atom stereocenters. The van der Waals surface area contributed by atoms with Crippen molar-refractivity contribution in [2.24, 2.45) is 0 Å². The molecule has 0 amide bonds. The fourth-order valence-electron chi connectivity index (χ4n) is 8.19. The zero-order valence-electron chi connectivity index (χ0n) is 36.9. The van der Waals surface area contributed by atoms with Crippen molar-refractivity contribution in [3.63, 3.8) is 0 Å². The first-order valence-electron chi connectivity index (χ1n) is 19.8. The summed E-state index contributed by atoms with van der Waals surface area (Å²) in [5.74, 6) is -1.82. The van der Waals surface area contributed by atoms with Gasteiger partial charge in [-0.15, -0.1) is 0 Å². The first kappa shape index (κ1) is 54.6. The fourth-order valence-corrected chi connectivity index (χ4v) is 8.19. The van der Waals surface area contributed by atoms with E-state index in [1.165, 1.54) is 33.5 Å². The van der Waals surface area contributed by atoms with Crippen LogP contribution in [0.3, 0.4) is 0 Å². The number of aromatic nitrogens is 4. The number of hydrogen-bond donors (Lipinski definition) is 1. The Morgan fingerprint density at radius 3 is 1.41 bits per heavy atom. The smallest absolute Gasteiger partial charge is 0.870 e. The maximum atomic E-state index is 14.6. The van der Waals surface area contributed by atoms with Crippen LogP contribution in [-0.4, -0.2) is 63.0 Å². The van der Waals surface area contributed by atoms with Crippen molar-refractivity contribution in [2.75, 3.05) is 21.3 Å². The van der Waals surface area contributed by atoms with Gasteiger partial charge in [0, 0.05) is 74.8 Å². The number of benzene rings is 4. The molecule has 20 heteroatoms. The van der Waals surface area contributed by atoms with Gasteiger partial charge in [0.05, 0.1) is 68.8 Å². The number of halogens is 6. The molecule has 4 aromatic carbocycles. The number of carbonyl (C=O) groups is 2. The molecule has 6 heterocycles. The Bertz CT molecular complexity index is 3390. The van der Waals surface area contributed by atoms with Crippen molar-refractivity contribution in [3.05, 3.63) is 168 Å². The Hall–Kier alpha value is -7.98. The molecular formula is C50H41F6LiN4O9. The van der Waals surface area contributed by atoms with Crippen LogP contribution in [0.4, 0.5) is 27.1 Å². The summed E-state index contributed by atoms with van der Waals surface area (Å²) in [6.45, 7) is 0.169. The normalized spacial score (nSPS) is 10.3. The molecule has 13 nitrogen and oxygen atoms in total. The molecule has 6 aromatic heterocycles. The van der Waals surface area contributed by atoms with Gasteiger partial charge in [0.15, 0.2) is 0 Å². The van der Waals surface area contributed by atoms with Gasteiger partial charge >= 0.3 is 30.8 Å². The Balaban J connectivity index is 0.000000274. The summed E-state index contributed by atoms with van der Waals surface area (Å²) in [6, 6.07) is 31.0. The van der Waals surface area contributed by atoms with Gasteiger partial charge in [-0.25, -0.2) is 28.3 Å². The van der Waals surface area contributed by atoms with Crippen LogP contribution < -0.4 is 28.3 Å². The minimum absolute atomic E-state index is 0. The second kappa shape index (κ2) is 24.3. The quantitative estimate of drug-likeness (QED) is 0.0785. The van der Waals surface area contributed by atoms with Crippen molar-refractivity contribution < 1.29 is 89.2 Å². The molecule has 0 aliphatic rings. The predicted octanol–water partition coefficient (Wildman–Crippen LogP) is 9.92. The fraction of sp³-hybridized carbons (Fsp3) is 0.120. The summed E-state index contributed by atoms with van der Waals surface area (Å²) in [5.41, 5.74) is 5.69. The number of esters is 1. The second-order valence-electron chi connectivity index (χ2n) is 14.3. The van der Waals surface area contributed by atoms with E-state index in [2.05, 4.69) is 9.97 Å². The molecule has 0 radical (unpaired) electrons. The third kappa shape index (κ3) is 10.1. The van der Waals surface area contributed by atoms with E-state index in [0.29, 0.717) is 78.1 Å². The zero-order chi connectivity index (χ0) is 47.8. The monoisotopic (exact) mass is 962 g/mol. The predicted molar refractivity (Wildman–Crippen MR) is 245 cm³/mol.